The number of fused-ring (bicyclic) bond motifs is 1. The molecule has 1 heterocycles. The van der Waals surface area contributed by atoms with Crippen molar-refractivity contribution >= 4 is 12.2 Å². The van der Waals surface area contributed by atoms with Crippen LogP contribution in [0.25, 0.3) is 12.2 Å². The Kier molecular flexibility index (Phi) is 1.74. The summed E-state index contributed by atoms with van der Waals surface area (Å²) in [5.74, 6) is 0. The maximum atomic E-state index is 3.83. The van der Waals surface area contributed by atoms with Crippen LogP contribution in [0.5, 0.6) is 0 Å². The molecule has 0 atom stereocenters. The zero-order valence-electron chi connectivity index (χ0n) is 6.25. The summed E-state index contributed by atoms with van der Waals surface area (Å²) in [6.45, 7) is 0. The maximum Gasteiger partial charge on any atom is 0.115 e. The number of aromatic nitrogens is 4. The Hall–Kier alpha value is -1.84. The second kappa shape index (κ2) is 3.04. The number of nitrogens with zero attached hydrogens (tertiary/aromatic N) is 4. The number of hydrogen-bond acceptors (Lipinski definition) is 4. The van der Waals surface area contributed by atoms with Crippen molar-refractivity contribution in [3.63, 3.8) is 0 Å². The minimum atomic E-state index is 0.741. The smallest absolute Gasteiger partial charge is 0.115 e. The Balaban J connectivity index is 2.54. The third-order valence-corrected chi connectivity index (χ3v) is 1.45. The number of allylic oxidation sites excluding steroid dienone is 4. The minimum Gasteiger partial charge on any atom is -0.127 e. The van der Waals surface area contributed by atoms with E-state index in [4.69, 9.17) is 0 Å². The lowest BCUT2D eigenvalue weighted by Gasteiger charge is -1.95. The highest BCUT2D eigenvalue weighted by Crippen LogP contribution is 2.06. The van der Waals surface area contributed by atoms with E-state index in [-0.39, 0.29) is 0 Å². The molecule has 0 aromatic carbocycles. The summed E-state index contributed by atoms with van der Waals surface area (Å²) in [6.07, 6.45) is 11.3. The fourth-order valence-corrected chi connectivity index (χ4v) is 0.898. The van der Waals surface area contributed by atoms with Gasteiger partial charge in [0, 0.05) is 0 Å². The monoisotopic (exact) mass is 158 g/mol. The highest BCUT2D eigenvalue weighted by molar-refractivity contribution is 5.61. The van der Waals surface area contributed by atoms with Crippen LogP contribution in [0.4, 0.5) is 0 Å². The van der Waals surface area contributed by atoms with Crippen molar-refractivity contribution in [1.82, 2.24) is 20.6 Å². The van der Waals surface area contributed by atoms with Gasteiger partial charge in [0.1, 0.15) is 11.4 Å². The van der Waals surface area contributed by atoms with Crippen molar-refractivity contribution in [2.24, 2.45) is 0 Å². The van der Waals surface area contributed by atoms with Crippen LogP contribution < -0.4 is 0 Å². The molecular weight excluding hydrogens is 152 g/mol. The molecule has 0 saturated carbocycles. The average Bonchev–Trinajstić information content (AvgIpc) is 2.06. The normalized spacial score (nSPS) is 13.7. The van der Waals surface area contributed by atoms with Crippen molar-refractivity contribution in [2.75, 3.05) is 0 Å². The second-order valence-corrected chi connectivity index (χ2v) is 2.25. The molecule has 58 valence electrons. The SMILES string of the molecule is C1=CC=Cc2nnnnc2C=C1. The molecule has 0 N–H and O–H groups in total. The third kappa shape index (κ3) is 1.27. The number of rotatable bonds is 0. The van der Waals surface area contributed by atoms with Gasteiger partial charge in [-0.25, -0.2) is 0 Å². The maximum absolute atomic E-state index is 3.83. The van der Waals surface area contributed by atoms with E-state index in [1.54, 1.807) is 0 Å². The summed E-state index contributed by atoms with van der Waals surface area (Å²) in [7, 11) is 0. The van der Waals surface area contributed by atoms with Crippen LogP contribution in [0.1, 0.15) is 11.4 Å². The van der Waals surface area contributed by atoms with Crippen molar-refractivity contribution in [3.05, 3.63) is 35.7 Å². The summed E-state index contributed by atoms with van der Waals surface area (Å²) in [5.41, 5.74) is 1.48. The highest BCUT2D eigenvalue weighted by atomic mass is 15.4. The van der Waals surface area contributed by atoms with E-state index in [1.807, 2.05) is 36.5 Å². The Morgan fingerprint density at radius 2 is 1.17 bits per heavy atom. The molecule has 0 radical (unpaired) electrons. The summed E-state index contributed by atoms with van der Waals surface area (Å²) in [4.78, 5) is 0. The van der Waals surface area contributed by atoms with E-state index < -0.39 is 0 Å². The van der Waals surface area contributed by atoms with Crippen molar-refractivity contribution in [3.8, 4) is 0 Å². The molecule has 0 bridgehead atoms. The quantitative estimate of drug-likeness (QED) is 0.562. The first-order valence-corrected chi connectivity index (χ1v) is 3.54. The molecule has 1 aromatic heterocycles. The lowest BCUT2D eigenvalue weighted by Crippen LogP contribution is -1.98. The van der Waals surface area contributed by atoms with Crippen LogP contribution in [0.2, 0.25) is 0 Å². The average molecular weight is 158 g/mol. The molecule has 0 spiro atoms. The number of hydrogen-bond donors (Lipinski definition) is 0. The lowest BCUT2D eigenvalue weighted by atomic mass is 10.2. The third-order valence-electron chi connectivity index (χ3n) is 1.45. The van der Waals surface area contributed by atoms with Crippen molar-refractivity contribution in [1.29, 1.82) is 0 Å². The largest absolute Gasteiger partial charge is 0.127 e. The first kappa shape index (κ1) is 6.84. The van der Waals surface area contributed by atoms with Gasteiger partial charge in [-0.3, -0.25) is 0 Å². The van der Waals surface area contributed by atoms with Crippen LogP contribution in [0.15, 0.2) is 24.3 Å². The molecule has 4 heteroatoms. The Labute approximate surface area is 69.3 Å². The van der Waals surface area contributed by atoms with Gasteiger partial charge in [-0.05, 0) is 22.6 Å². The fourth-order valence-electron chi connectivity index (χ4n) is 0.898. The van der Waals surface area contributed by atoms with E-state index in [1.165, 1.54) is 0 Å². The second-order valence-electron chi connectivity index (χ2n) is 2.25. The van der Waals surface area contributed by atoms with Gasteiger partial charge in [0.2, 0.25) is 0 Å². The Morgan fingerprint density at radius 3 is 1.67 bits per heavy atom. The molecule has 12 heavy (non-hydrogen) atoms. The van der Waals surface area contributed by atoms with Crippen LogP contribution in [-0.2, 0) is 0 Å². The van der Waals surface area contributed by atoms with Gasteiger partial charge in [0.25, 0.3) is 0 Å². The van der Waals surface area contributed by atoms with E-state index in [9.17, 15) is 0 Å². The molecule has 0 fully saturated rings. The van der Waals surface area contributed by atoms with Crippen LogP contribution in [0.3, 0.4) is 0 Å². The molecule has 1 aliphatic rings. The zero-order valence-corrected chi connectivity index (χ0v) is 6.25. The first-order valence-electron chi connectivity index (χ1n) is 3.54. The van der Waals surface area contributed by atoms with E-state index >= 15 is 0 Å². The summed E-state index contributed by atoms with van der Waals surface area (Å²) in [6, 6.07) is 0. The van der Waals surface area contributed by atoms with Gasteiger partial charge in [-0.15, -0.1) is 10.2 Å². The van der Waals surface area contributed by atoms with Gasteiger partial charge in [-0.1, -0.05) is 24.3 Å². The Morgan fingerprint density at radius 1 is 0.667 bits per heavy atom. The van der Waals surface area contributed by atoms with Crippen molar-refractivity contribution < 1.29 is 0 Å². The lowest BCUT2D eigenvalue weighted by molar-refractivity contribution is 0.750. The van der Waals surface area contributed by atoms with Gasteiger partial charge in [-0.2, -0.15) is 0 Å². The predicted molar refractivity (Wildman–Crippen MR) is 44.8 cm³/mol. The molecule has 4 nitrogen and oxygen atoms in total. The van der Waals surface area contributed by atoms with Crippen molar-refractivity contribution in [2.45, 2.75) is 0 Å². The molecule has 0 saturated heterocycles. The Bertz CT molecular complexity index is 330. The molecule has 1 aliphatic carbocycles. The summed E-state index contributed by atoms with van der Waals surface area (Å²) >= 11 is 0. The molecule has 0 unspecified atom stereocenters. The molecule has 2 rings (SSSR count). The van der Waals surface area contributed by atoms with Gasteiger partial charge in [0.05, 0.1) is 0 Å². The standard InChI is InChI=1S/C8H6N4/c1-2-4-6-8-7(5-3-1)9-11-12-10-8/h1-6H. The molecular formula is C8H6N4. The topological polar surface area (TPSA) is 51.6 Å². The highest BCUT2D eigenvalue weighted by Gasteiger charge is 1.99. The molecule has 0 amide bonds. The van der Waals surface area contributed by atoms with Crippen LogP contribution in [-0.4, -0.2) is 20.6 Å². The zero-order chi connectivity index (χ0) is 8.23. The van der Waals surface area contributed by atoms with Crippen LogP contribution >= 0.6 is 0 Å². The fraction of sp³-hybridized carbons (Fsp3) is 0. The van der Waals surface area contributed by atoms with Gasteiger partial charge >= 0.3 is 0 Å². The predicted octanol–water partition coefficient (Wildman–Crippen LogP) is 0.863. The van der Waals surface area contributed by atoms with Crippen LogP contribution in [0, 0.1) is 0 Å². The first-order chi connectivity index (χ1) is 5.97. The molecule has 1 aromatic rings. The van der Waals surface area contributed by atoms with E-state index in [2.05, 4.69) is 20.6 Å². The van der Waals surface area contributed by atoms with E-state index in [0.717, 1.165) is 11.4 Å². The summed E-state index contributed by atoms with van der Waals surface area (Å²) in [5, 5.41) is 14.6. The van der Waals surface area contributed by atoms with Gasteiger partial charge < -0.3 is 0 Å². The molecule has 0 aliphatic heterocycles. The van der Waals surface area contributed by atoms with E-state index in [0.29, 0.717) is 0 Å². The summed E-state index contributed by atoms with van der Waals surface area (Å²) < 4.78 is 0. The van der Waals surface area contributed by atoms with Gasteiger partial charge in [0.15, 0.2) is 0 Å². The minimum absolute atomic E-state index is 0.741.